The number of amides is 2. The van der Waals surface area contributed by atoms with Crippen molar-refractivity contribution in [2.45, 2.75) is 6.92 Å². The number of nitrogens with one attached hydrogen (secondary N) is 1. The van der Waals surface area contributed by atoms with Gasteiger partial charge < -0.3 is 4.74 Å². The van der Waals surface area contributed by atoms with Crippen LogP contribution in [0.25, 0.3) is 5.57 Å². The van der Waals surface area contributed by atoms with Gasteiger partial charge in [0.05, 0.1) is 12.0 Å². The van der Waals surface area contributed by atoms with Crippen LogP contribution in [0.4, 0.5) is 9.18 Å². The molecule has 2 rings (SSSR count). The fraction of sp³-hybridized carbons (Fsp3) is 0.167. The third kappa shape index (κ3) is 2.24. The van der Waals surface area contributed by atoms with Gasteiger partial charge in [0.1, 0.15) is 0 Å². The van der Waals surface area contributed by atoms with Crippen LogP contribution < -0.4 is 10.1 Å². The Bertz CT molecular complexity index is 568. The molecule has 0 unspecified atom stereocenters. The number of hydrogen-bond acceptors (Lipinski definition) is 4. The zero-order valence-electron chi connectivity index (χ0n) is 9.74. The Balaban J connectivity index is 2.43. The van der Waals surface area contributed by atoms with Crippen molar-refractivity contribution in [3.05, 3.63) is 34.5 Å². The number of imide groups is 1. The maximum atomic E-state index is 13.5. The van der Waals surface area contributed by atoms with Gasteiger partial charge in [-0.3, -0.25) is 14.9 Å². The quantitative estimate of drug-likeness (QED) is 0.837. The lowest BCUT2D eigenvalue weighted by atomic mass is 10.1. The summed E-state index contributed by atoms with van der Waals surface area (Å²) in [5.41, 5.74) is 1.10. The summed E-state index contributed by atoms with van der Waals surface area (Å²) in [6.45, 7) is 1.67. The van der Waals surface area contributed by atoms with Crippen molar-refractivity contribution in [3.8, 4) is 5.75 Å². The molecule has 0 bridgehead atoms. The highest BCUT2D eigenvalue weighted by atomic mass is 32.2. The summed E-state index contributed by atoms with van der Waals surface area (Å²) in [5.74, 6) is -0.820. The fourth-order valence-corrected chi connectivity index (χ4v) is 2.34. The fourth-order valence-electron chi connectivity index (χ4n) is 1.59. The monoisotopic (exact) mass is 267 g/mol. The van der Waals surface area contributed by atoms with Gasteiger partial charge in [-0.1, -0.05) is 6.07 Å². The molecule has 1 aromatic carbocycles. The van der Waals surface area contributed by atoms with Gasteiger partial charge in [0, 0.05) is 0 Å². The van der Waals surface area contributed by atoms with Gasteiger partial charge in [-0.2, -0.15) is 0 Å². The van der Waals surface area contributed by atoms with E-state index in [9.17, 15) is 14.0 Å². The number of methoxy groups -OCH3 is 1. The number of benzene rings is 1. The Hall–Kier alpha value is -1.82. The second kappa shape index (κ2) is 4.81. The van der Waals surface area contributed by atoms with Crippen LogP contribution in [0.1, 0.15) is 12.5 Å². The van der Waals surface area contributed by atoms with Gasteiger partial charge in [0.25, 0.3) is 11.1 Å². The van der Waals surface area contributed by atoms with E-state index in [0.29, 0.717) is 16.0 Å². The first-order valence-electron chi connectivity index (χ1n) is 5.11. The molecule has 18 heavy (non-hydrogen) atoms. The van der Waals surface area contributed by atoms with Crippen molar-refractivity contribution in [1.29, 1.82) is 0 Å². The van der Waals surface area contributed by atoms with Crippen LogP contribution in [0.15, 0.2) is 23.1 Å². The second-order valence-corrected chi connectivity index (χ2v) is 4.63. The van der Waals surface area contributed by atoms with E-state index in [2.05, 4.69) is 5.32 Å². The van der Waals surface area contributed by atoms with Crippen LogP contribution in [-0.4, -0.2) is 18.3 Å². The van der Waals surface area contributed by atoms with Crippen molar-refractivity contribution in [3.63, 3.8) is 0 Å². The van der Waals surface area contributed by atoms with Crippen molar-refractivity contribution >= 4 is 28.5 Å². The molecule has 2 amide bonds. The summed E-state index contributed by atoms with van der Waals surface area (Å²) in [6, 6.07) is 4.40. The molecule has 0 radical (unpaired) electrons. The van der Waals surface area contributed by atoms with Crippen molar-refractivity contribution in [2.75, 3.05) is 7.11 Å². The molecule has 6 heteroatoms. The van der Waals surface area contributed by atoms with Crippen LogP contribution in [0.5, 0.6) is 5.75 Å². The van der Waals surface area contributed by atoms with Gasteiger partial charge in [0.15, 0.2) is 11.6 Å². The molecule has 0 atom stereocenters. The maximum absolute atomic E-state index is 13.5. The highest BCUT2D eigenvalue weighted by molar-refractivity contribution is 8.18. The highest BCUT2D eigenvalue weighted by Crippen LogP contribution is 2.32. The van der Waals surface area contributed by atoms with E-state index in [1.807, 2.05) is 0 Å². The number of thioether (sulfide) groups is 1. The molecule has 1 aliphatic heterocycles. The van der Waals surface area contributed by atoms with Crippen LogP contribution in [0, 0.1) is 5.82 Å². The SMILES string of the molecule is COc1ccc(C(C)=C2SC(=O)NC2=O)cc1F. The molecule has 0 spiro atoms. The van der Waals surface area contributed by atoms with Crippen molar-refractivity contribution in [2.24, 2.45) is 0 Å². The highest BCUT2D eigenvalue weighted by Gasteiger charge is 2.27. The predicted octanol–water partition coefficient (Wildman–Crippen LogP) is 2.55. The molecule has 0 saturated carbocycles. The van der Waals surface area contributed by atoms with Gasteiger partial charge in [-0.25, -0.2) is 4.39 Å². The maximum Gasteiger partial charge on any atom is 0.290 e. The first-order chi connectivity index (χ1) is 8.52. The average Bonchev–Trinajstić information content (AvgIpc) is 2.67. The molecule has 94 valence electrons. The van der Waals surface area contributed by atoms with E-state index in [4.69, 9.17) is 4.74 Å². The summed E-state index contributed by atoms with van der Waals surface area (Å²) in [7, 11) is 1.38. The Morgan fingerprint density at radius 2 is 2.11 bits per heavy atom. The number of hydrogen-bond donors (Lipinski definition) is 1. The van der Waals surface area contributed by atoms with Crippen molar-refractivity contribution < 1.29 is 18.7 Å². The largest absolute Gasteiger partial charge is 0.494 e. The standard InChI is InChI=1S/C12H10FNO3S/c1-6(10-11(15)14-12(16)18-10)7-3-4-9(17-2)8(13)5-7/h3-5H,1-2H3,(H,14,15,16). The Labute approximate surface area is 107 Å². The molecule has 1 N–H and O–H groups in total. The topological polar surface area (TPSA) is 55.4 Å². The third-order valence-corrected chi connectivity index (χ3v) is 3.53. The van der Waals surface area contributed by atoms with E-state index < -0.39 is 17.0 Å². The molecule has 1 fully saturated rings. The number of carbonyl (C=O) groups excluding carboxylic acids is 2. The Kier molecular flexibility index (Phi) is 3.38. The molecule has 0 aromatic heterocycles. The van der Waals surface area contributed by atoms with Crippen LogP contribution in [0.2, 0.25) is 0 Å². The Morgan fingerprint density at radius 1 is 1.39 bits per heavy atom. The minimum Gasteiger partial charge on any atom is -0.494 e. The zero-order chi connectivity index (χ0) is 13.3. The van der Waals surface area contributed by atoms with E-state index in [-0.39, 0.29) is 5.75 Å². The lowest BCUT2D eigenvalue weighted by molar-refractivity contribution is -0.115. The summed E-state index contributed by atoms with van der Waals surface area (Å²) < 4.78 is 18.4. The molecule has 1 aromatic rings. The first-order valence-corrected chi connectivity index (χ1v) is 5.92. The smallest absolute Gasteiger partial charge is 0.290 e. The molecule has 1 saturated heterocycles. The molecule has 4 nitrogen and oxygen atoms in total. The number of ether oxygens (including phenoxy) is 1. The summed E-state index contributed by atoms with van der Waals surface area (Å²) >= 11 is 0.819. The van der Waals surface area contributed by atoms with Crippen molar-refractivity contribution in [1.82, 2.24) is 5.32 Å². The van der Waals surface area contributed by atoms with Gasteiger partial charge in [0.2, 0.25) is 0 Å². The second-order valence-electron chi connectivity index (χ2n) is 3.65. The normalized spacial score (nSPS) is 17.7. The molecular formula is C12H10FNO3S. The van der Waals surface area contributed by atoms with E-state index >= 15 is 0 Å². The van der Waals surface area contributed by atoms with Crippen LogP contribution >= 0.6 is 11.8 Å². The lowest BCUT2D eigenvalue weighted by Crippen LogP contribution is -2.18. The van der Waals surface area contributed by atoms with Crippen LogP contribution in [-0.2, 0) is 4.79 Å². The first kappa shape index (κ1) is 12.6. The number of rotatable bonds is 2. The van der Waals surface area contributed by atoms with Gasteiger partial charge >= 0.3 is 0 Å². The minimum atomic E-state index is -0.510. The molecule has 1 heterocycles. The molecule has 0 aliphatic carbocycles. The van der Waals surface area contributed by atoms with Gasteiger partial charge in [-0.05, 0) is 42.0 Å². The predicted molar refractivity (Wildman–Crippen MR) is 66.7 cm³/mol. The lowest BCUT2D eigenvalue weighted by Gasteiger charge is -2.06. The number of carbonyl (C=O) groups is 2. The number of halogens is 1. The third-order valence-electron chi connectivity index (χ3n) is 2.54. The van der Waals surface area contributed by atoms with E-state index in [1.54, 1.807) is 13.0 Å². The average molecular weight is 267 g/mol. The Morgan fingerprint density at radius 3 is 2.61 bits per heavy atom. The van der Waals surface area contributed by atoms with Gasteiger partial charge in [-0.15, -0.1) is 0 Å². The summed E-state index contributed by atoms with van der Waals surface area (Å²) in [5, 5.41) is 1.75. The van der Waals surface area contributed by atoms with E-state index in [1.165, 1.54) is 19.2 Å². The summed E-state index contributed by atoms with van der Waals surface area (Å²) in [4.78, 5) is 22.8. The molecule has 1 aliphatic rings. The minimum absolute atomic E-state index is 0.135. The molecular weight excluding hydrogens is 257 g/mol. The van der Waals surface area contributed by atoms with E-state index in [0.717, 1.165) is 11.8 Å². The van der Waals surface area contributed by atoms with Crippen LogP contribution in [0.3, 0.4) is 0 Å². The summed E-state index contributed by atoms with van der Waals surface area (Å²) in [6.07, 6.45) is 0. The zero-order valence-corrected chi connectivity index (χ0v) is 10.6. The number of allylic oxidation sites excluding steroid dienone is 1.